The number of nitrogens with one attached hydrogen (secondary N) is 1. The second-order valence-corrected chi connectivity index (χ2v) is 8.55. The van der Waals surface area contributed by atoms with E-state index < -0.39 is 18.0 Å². The molecule has 1 aromatic heterocycles. The van der Waals surface area contributed by atoms with Gasteiger partial charge >= 0.3 is 6.09 Å². The summed E-state index contributed by atoms with van der Waals surface area (Å²) in [4.78, 5) is 33.3. The summed E-state index contributed by atoms with van der Waals surface area (Å²) in [5, 5.41) is 12.2. The third-order valence-corrected chi connectivity index (χ3v) is 6.05. The van der Waals surface area contributed by atoms with Crippen LogP contribution in [0.5, 0.6) is 0 Å². The monoisotopic (exact) mass is 466 g/mol. The first kappa shape index (κ1) is 23.3. The Kier molecular flexibility index (Phi) is 6.54. The molecule has 0 spiro atoms. The lowest BCUT2D eigenvalue weighted by Gasteiger charge is -2.37. The molecule has 2 aliphatic heterocycles. The van der Waals surface area contributed by atoms with E-state index in [9.17, 15) is 14.9 Å². The number of halogens is 1. The number of ether oxygens (including phenoxy) is 1. The Morgan fingerprint density at radius 1 is 1.24 bits per heavy atom. The topological polar surface area (TPSA) is 102 Å². The van der Waals surface area contributed by atoms with E-state index in [0.29, 0.717) is 48.9 Å². The van der Waals surface area contributed by atoms with Crippen LogP contribution in [-0.2, 0) is 9.53 Å². The normalized spacial score (nSPS) is 18.0. The van der Waals surface area contributed by atoms with E-state index in [1.807, 2.05) is 24.8 Å². The fourth-order valence-corrected chi connectivity index (χ4v) is 4.36. The van der Waals surface area contributed by atoms with Gasteiger partial charge in [0.1, 0.15) is 23.8 Å². The lowest BCUT2D eigenvalue weighted by atomic mass is 10.1. The molecular formula is C24H27FN6O3. The van der Waals surface area contributed by atoms with Crippen LogP contribution in [0.2, 0.25) is 0 Å². The number of amides is 2. The van der Waals surface area contributed by atoms with Crippen LogP contribution in [0.25, 0.3) is 0 Å². The zero-order valence-corrected chi connectivity index (χ0v) is 19.5. The van der Waals surface area contributed by atoms with E-state index in [-0.39, 0.29) is 19.0 Å². The maximum atomic E-state index is 15.1. The van der Waals surface area contributed by atoms with Gasteiger partial charge in [0.25, 0.3) is 0 Å². The van der Waals surface area contributed by atoms with Crippen LogP contribution in [0, 0.1) is 31.0 Å². The summed E-state index contributed by atoms with van der Waals surface area (Å²) >= 11 is 0. The third-order valence-electron chi connectivity index (χ3n) is 6.05. The van der Waals surface area contributed by atoms with Gasteiger partial charge in [0.05, 0.1) is 30.0 Å². The Balaban J connectivity index is 1.43. The van der Waals surface area contributed by atoms with Gasteiger partial charge in [-0.25, -0.2) is 14.2 Å². The highest BCUT2D eigenvalue weighted by Gasteiger charge is 2.33. The average Bonchev–Trinajstić information content (AvgIpc) is 3.18. The van der Waals surface area contributed by atoms with Gasteiger partial charge in [-0.1, -0.05) is 0 Å². The molecule has 2 fully saturated rings. The molecule has 1 aromatic carbocycles. The summed E-state index contributed by atoms with van der Waals surface area (Å²) in [6, 6.07) is 8.86. The third kappa shape index (κ3) is 4.73. The van der Waals surface area contributed by atoms with E-state index in [0.717, 1.165) is 11.3 Å². The minimum absolute atomic E-state index is 0.206. The number of hydrogen-bond donors (Lipinski definition) is 1. The summed E-state index contributed by atoms with van der Waals surface area (Å²) in [6.45, 7) is 8.01. The van der Waals surface area contributed by atoms with Crippen molar-refractivity contribution in [1.29, 1.82) is 5.26 Å². The predicted molar refractivity (Wildman–Crippen MR) is 126 cm³/mol. The van der Waals surface area contributed by atoms with Gasteiger partial charge in [0, 0.05) is 38.8 Å². The van der Waals surface area contributed by atoms with Crippen LogP contribution in [0.3, 0.4) is 0 Å². The number of nitrogens with zero attached hydrogens (tertiary/aromatic N) is 5. The molecule has 0 saturated carbocycles. The number of carbonyl (C=O) groups excluding carboxylic acids is 2. The van der Waals surface area contributed by atoms with E-state index >= 15 is 4.39 Å². The molecule has 2 aromatic rings. The van der Waals surface area contributed by atoms with Crippen molar-refractivity contribution in [2.75, 3.05) is 54.0 Å². The van der Waals surface area contributed by atoms with Gasteiger partial charge in [-0.15, -0.1) is 0 Å². The Morgan fingerprint density at radius 3 is 2.59 bits per heavy atom. The number of aryl methyl sites for hydroxylation is 2. The van der Waals surface area contributed by atoms with E-state index in [2.05, 4.69) is 21.3 Å². The SMILES string of the molecule is CC(=O)NC[C@H]1CN(c2ccc(N3CCN(c4nc(C)cc(C)c4C#N)CC3)c(F)c2)C(=O)O1. The summed E-state index contributed by atoms with van der Waals surface area (Å²) < 4.78 is 20.3. The second kappa shape index (κ2) is 9.55. The van der Waals surface area contributed by atoms with Crippen LogP contribution < -0.4 is 20.0 Å². The molecule has 2 saturated heterocycles. The van der Waals surface area contributed by atoms with Crippen molar-refractivity contribution in [3.8, 4) is 6.07 Å². The van der Waals surface area contributed by atoms with Crippen molar-refractivity contribution >= 4 is 29.2 Å². The lowest BCUT2D eigenvalue weighted by Crippen LogP contribution is -2.47. The first-order valence-corrected chi connectivity index (χ1v) is 11.2. The molecule has 4 rings (SSSR count). The highest BCUT2D eigenvalue weighted by atomic mass is 19.1. The molecule has 0 radical (unpaired) electrons. The summed E-state index contributed by atoms with van der Waals surface area (Å²) in [7, 11) is 0. The molecule has 2 amide bonds. The standard InChI is InChI=1S/C24H27FN6O3/c1-15-10-16(2)28-23(20(15)12-26)30-8-6-29(7-9-30)22-5-4-18(11-21(22)25)31-14-19(34-24(31)33)13-27-17(3)32/h4-5,10-11,19H,6-9,13-14H2,1-3H3,(H,27,32)/t19-/m0/s1. The van der Waals surface area contributed by atoms with Gasteiger partial charge in [-0.05, 0) is 43.7 Å². The van der Waals surface area contributed by atoms with Crippen LogP contribution in [0.1, 0.15) is 23.7 Å². The van der Waals surface area contributed by atoms with Crippen molar-refractivity contribution in [1.82, 2.24) is 10.3 Å². The molecule has 10 heteroatoms. The smallest absolute Gasteiger partial charge is 0.414 e. The number of aromatic nitrogens is 1. The minimum atomic E-state index is -0.564. The van der Waals surface area contributed by atoms with E-state index in [4.69, 9.17) is 4.74 Å². The fourth-order valence-electron chi connectivity index (χ4n) is 4.36. The molecular weight excluding hydrogens is 439 g/mol. The molecule has 9 nitrogen and oxygen atoms in total. The van der Waals surface area contributed by atoms with Crippen molar-refractivity contribution in [3.63, 3.8) is 0 Å². The number of carbonyl (C=O) groups is 2. The summed E-state index contributed by atoms with van der Waals surface area (Å²) in [6.07, 6.45) is -1.05. The van der Waals surface area contributed by atoms with Gasteiger partial charge in [0.2, 0.25) is 5.91 Å². The number of rotatable bonds is 5. The molecule has 0 bridgehead atoms. The van der Waals surface area contributed by atoms with Crippen molar-refractivity contribution in [2.24, 2.45) is 0 Å². The fraction of sp³-hybridized carbons (Fsp3) is 0.417. The first-order valence-electron chi connectivity index (χ1n) is 11.2. The van der Waals surface area contributed by atoms with Crippen molar-refractivity contribution in [3.05, 3.63) is 46.9 Å². The Morgan fingerprint density at radius 2 is 1.94 bits per heavy atom. The van der Waals surface area contributed by atoms with Gasteiger partial charge < -0.3 is 19.9 Å². The molecule has 1 atom stereocenters. The Bertz CT molecular complexity index is 1160. The molecule has 0 unspecified atom stereocenters. The van der Waals surface area contributed by atoms with E-state index in [1.54, 1.807) is 12.1 Å². The van der Waals surface area contributed by atoms with Gasteiger partial charge in [-0.3, -0.25) is 9.69 Å². The van der Waals surface area contributed by atoms with Crippen LogP contribution in [0.15, 0.2) is 24.3 Å². The highest BCUT2D eigenvalue weighted by molar-refractivity contribution is 5.90. The zero-order valence-electron chi connectivity index (χ0n) is 19.5. The van der Waals surface area contributed by atoms with Crippen LogP contribution >= 0.6 is 0 Å². The van der Waals surface area contributed by atoms with Crippen LogP contribution in [0.4, 0.5) is 26.4 Å². The van der Waals surface area contributed by atoms with Gasteiger partial charge in [-0.2, -0.15) is 5.26 Å². The maximum absolute atomic E-state index is 15.1. The number of benzene rings is 1. The quantitative estimate of drug-likeness (QED) is 0.722. The summed E-state index contributed by atoms with van der Waals surface area (Å²) in [5.74, 6) is 0.0466. The molecule has 178 valence electrons. The first-order chi connectivity index (χ1) is 16.3. The zero-order chi connectivity index (χ0) is 24.4. The molecule has 34 heavy (non-hydrogen) atoms. The molecule has 2 aliphatic rings. The number of cyclic esters (lactones) is 1. The Labute approximate surface area is 197 Å². The number of hydrogen-bond acceptors (Lipinski definition) is 7. The number of nitriles is 1. The van der Waals surface area contributed by atoms with Crippen LogP contribution in [-0.4, -0.2) is 62.4 Å². The number of anilines is 3. The molecule has 1 N–H and O–H groups in total. The minimum Gasteiger partial charge on any atom is -0.442 e. The summed E-state index contributed by atoms with van der Waals surface area (Å²) in [5.41, 5.74) is 3.20. The second-order valence-electron chi connectivity index (χ2n) is 8.55. The predicted octanol–water partition coefficient (Wildman–Crippen LogP) is 2.50. The lowest BCUT2D eigenvalue weighted by molar-refractivity contribution is -0.119. The Hall–Kier alpha value is -3.87. The van der Waals surface area contributed by atoms with Crippen molar-refractivity contribution in [2.45, 2.75) is 26.9 Å². The van der Waals surface area contributed by atoms with E-state index in [1.165, 1.54) is 17.9 Å². The largest absolute Gasteiger partial charge is 0.442 e. The van der Waals surface area contributed by atoms with Crippen molar-refractivity contribution < 1.29 is 18.7 Å². The van der Waals surface area contributed by atoms with Gasteiger partial charge in [0.15, 0.2) is 0 Å². The highest BCUT2D eigenvalue weighted by Crippen LogP contribution is 2.30. The number of piperazine rings is 1. The molecule has 3 heterocycles. The molecule has 0 aliphatic carbocycles. The number of pyridine rings is 1. The maximum Gasteiger partial charge on any atom is 0.414 e. The average molecular weight is 467 g/mol.